The number of benzene rings is 1. The van der Waals surface area contributed by atoms with Crippen molar-refractivity contribution in [3.8, 4) is 10.7 Å². The fourth-order valence-corrected chi connectivity index (χ4v) is 5.19. The van der Waals surface area contributed by atoms with Crippen LogP contribution in [0.5, 0.6) is 0 Å². The van der Waals surface area contributed by atoms with Crippen molar-refractivity contribution in [3.63, 3.8) is 0 Å². The molecule has 0 aliphatic carbocycles. The van der Waals surface area contributed by atoms with Gasteiger partial charge in [-0.3, -0.25) is 4.57 Å². The minimum Gasteiger partial charge on any atom is -0.320 e. The number of hydrogen-bond acceptors (Lipinski definition) is 5. The monoisotopic (exact) mass is 495 g/mol. The molecule has 0 saturated heterocycles. The van der Waals surface area contributed by atoms with E-state index in [0.717, 1.165) is 16.8 Å². The van der Waals surface area contributed by atoms with Crippen molar-refractivity contribution < 1.29 is 23.1 Å². The SMILES string of the molecule is Cn1c(SCc2ccc(C(F)(F)P(=O)(O)O)c(Br)c2)nnc1-c1cccs1. The van der Waals surface area contributed by atoms with Gasteiger partial charge in [0.1, 0.15) is 0 Å². The van der Waals surface area contributed by atoms with Gasteiger partial charge in [0.05, 0.1) is 4.88 Å². The first kappa shape index (κ1) is 20.6. The molecule has 2 heterocycles. The van der Waals surface area contributed by atoms with E-state index >= 15 is 0 Å². The molecule has 0 saturated carbocycles. The second kappa shape index (κ2) is 7.73. The number of rotatable bonds is 6. The van der Waals surface area contributed by atoms with Gasteiger partial charge in [-0.15, -0.1) is 21.5 Å². The quantitative estimate of drug-likeness (QED) is 0.376. The fraction of sp³-hybridized carbons (Fsp3) is 0.200. The molecule has 2 N–H and O–H groups in total. The summed E-state index contributed by atoms with van der Waals surface area (Å²) >= 11 is 5.91. The van der Waals surface area contributed by atoms with Gasteiger partial charge in [0, 0.05) is 22.8 Å². The average molecular weight is 496 g/mol. The van der Waals surface area contributed by atoms with E-state index in [1.54, 1.807) is 11.3 Å². The second-order valence-corrected chi connectivity index (χ2v) is 9.92. The van der Waals surface area contributed by atoms with Gasteiger partial charge in [-0.05, 0) is 23.1 Å². The first-order valence-electron chi connectivity index (χ1n) is 7.39. The third kappa shape index (κ3) is 4.18. The number of alkyl halides is 2. The molecule has 0 amide bonds. The average Bonchev–Trinajstić information content (AvgIpc) is 3.21. The molecule has 2 aromatic heterocycles. The van der Waals surface area contributed by atoms with Crippen LogP contribution in [0.25, 0.3) is 10.7 Å². The number of nitrogens with zero attached hydrogens (tertiary/aromatic N) is 3. The largest absolute Gasteiger partial charge is 0.399 e. The molecule has 0 bridgehead atoms. The Morgan fingerprint density at radius 3 is 2.67 bits per heavy atom. The Hall–Kier alpha value is -1.10. The molecule has 0 unspecified atom stereocenters. The molecule has 1 aromatic carbocycles. The van der Waals surface area contributed by atoms with Crippen LogP contribution in [0.15, 0.2) is 45.3 Å². The zero-order chi connectivity index (χ0) is 19.8. The molecule has 0 spiro atoms. The number of thiophene rings is 1. The summed E-state index contributed by atoms with van der Waals surface area (Å²) in [5.74, 6) is 1.17. The van der Waals surface area contributed by atoms with E-state index in [1.165, 1.54) is 23.9 Å². The Labute approximate surface area is 169 Å². The Bertz CT molecular complexity index is 1010. The normalized spacial score (nSPS) is 12.5. The molecule has 0 fully saturated rings. The van der Waals surface area contributed by atoms with Crippen molar-refractivity contribution in [1.29, 1.82) is 0 Å². The molecule has 27 heavy (non-hydrogen) atoms. The lowest BCUT2D eigenvalue weighted by atomic mass is 10.1. The smallest absolute Gasteiger partial charge is 0.320 e. The van der Waals surface area contributed by atoms with Crippen LogP contribution in [-0.2, 0) is 23.0 Å². The predicted molar refractivity (Wildman–Crippen MR) is 104 cm³/mol. The Balaban J connectivity index is 1.77. The maximum absolute atomic E-state index is 13.9. The van der Waals surface area contributed by atoms with E-state index in [1.807, 2.05) is 29.1 Å². The number of aromatic nitrogens is 3. The zero-order valence-corrected chi connectivity index (χ0v) is 17.8. The second-order valence-electron chi connectivity index (χ2n) is 5.53. The Morgan fingerprint density at radius 2 is 2.07 bits per heavy atom. The number of hydrogen-bond donors (Lipinski definition) is 2. The summed E-state index contributed by atoms with van der Waals surface area (Å²) in [6.45, 7) is 0. The summed E-state index contributed by atoms with van der Waals surface area (Å²) < 4.78 is 40.6. The fourth-order valence-electron chi connectivity index (χ4n) is 2.26. The lowest BCUT2D eigenvalue weighted by Gasteiger charge is -2.19. The van der Waals surface area contributed by atoms with Gasteiger partial charge in [-0.25, -0.2) is 0 Å². The summed E-state index contributed by atoms with van der Waals surface area (Å²) in [6, 6.07) is 7.72. The van der Waals surface area contributed by atoms with E-state index in [-0.39, 0.29) is 4.47 Å². The van der Waals surface area contributed by atoms with Crippen LogP contribution in [0.1, 0.15) is 11.1 Å². The van der Waals surface area contributed by atoms with Crippen molar-refractivity contribution >= 4 is 46.6 Å². The maximum atomic E-state index is 13.9. The van der Waals surface area contributed by atoms with Crippen molar-refractivity contribution in [2.75, 3.05) is 0 Å². The lowest BCUT2D eigenvalue weighted by Crippen LogP contribution is -2.14. The van der Waals surface area contributed by atoms with Crippen LogP contribution in [0.4, 0.5) is 8.78 Å². The molecule has 0 atom stereocenters. The number of halogens is 3. The molecular weight excluding hydrogens is 483 g/mol. The predicted octanol–water partition coefficient (Wildman–Crippen LogP) is 4.83. The van der Waals surface area contributed by atoms with E-state index in [0.29, 0.717) is 16.5 Å². The van der Waals surface area contributed by atoms with Gasteiger partial charge in [-0.1, -0.05) is 45.9 Å². The highest BCUT2D eigenvalue weighted by atomic mass is 79.9. The highest BCUT2D eigenvalue weighted by molar-refractivity contribution is 9.10. The molecule has 6 nitrogen and oxygen atoms in total. The molecule has 0 radical (unpaired) electrons. The summed E-state index contributed by atoms with van der Waals surface area (Å²) in [5, 5.41) is 10.9. The van der Waals surface area contributed by atoms with E-state index in [4.69, 9.17) is 9.79 Å². The summed E-state index contributed by atoms with van der Waals surface area (Å²) in [6.07, 6.45) is 0. The standard InChI is InChI=1S/C15H13BrF2N3O3PS2/c1-21-13(12-3-2-6-26-12)19-20-14(21)27-8-9-4-5-10(11(16)7-9)15(17,18)25(22,23)24/h2-7H,8H2,1H3,(H2,22,23,24). The summed E-state index contributed by atoms with van der Waals surface area (Å²) in [4.78, 5) is 18.7. The first-order valence-corrected chi connectivity index (χ1v) is 11.7. The molecule has 3 rings (SSSR count). The molecular formula is C15H13BrF2N3O3PS2. The minimum absolute atomic E-state index is 0.0637. The van der Waals surface area contributed by atoms with Gasteiger partial charge in [-0.2, -0.15) is 8.78 Å². The topological polar surface area (TPSA) is 88.2 Å². The molecule has 3 aromatic rings. The maximum Gasteiger partial charge on any atom is 0.399 e. The highest BCUT2D eigenvalue weighted by Gasteiger charge is 2.51. The Morgan fingerprint density at radius 1 is 1.33 bits per heavy atom. The van der Waals surface area contributed by atoms with Crippen LogP contribution in [0, 0.1) is 0 Å². The summed E-state index contributed by atoms with van der Waals surface area (Å²) in [5.41, 5.74) is -4.31. The van der Waals surface area contributed by atoms with Crippen molar-refractivity contribution in [1.82, 2.24) is 14.8 Å². The zero-order valence-electron chi connectivity index (χ0n) is 13.7. The van der Waals surface area contributed by atoms with E-state index in [9.17, 15) is 13.3 Å². The van der Waals surface area contributed by atoms with Crippen LogP contribution >= 0.6 is 46.6 Å². The van der Waals surface area contributed by atoms with Crippen LogP contribution in [0.2, 0.25) is 0 Å². The molecule has 12 heteroatoms. The van der Waals surface area contributed by atoms with Gasteiger partial charge in [0.25, 0.3) is 0 Å². The van der Waals surface area contributed by atoms with Crippen molar-refractivity contribution in [2.24, 2.45) is 7.05 Å². The highest BCUT2D eigenvalue weighted by Crippen LogP contribution is 2.60. The Kier molecular flexibility index (Phi) is 5.90. The molecule has 0 aliphatic heterocycles. The van der Waals surface area contributed by atoms with Crippen molar-refractivity contribution in [2.45, 2.75) is 16.6 Å². The summed E-state index contributed by atoms with van der Waals surface area (Å²) in [7, 11) is -3.77. The third-order valence-electron chi connectivity index (χ3n) is 3.67. The van der Waals surface area contributed by atoms with Gasteiger partial charge in [0.15, 0.2) is 11.0 Å². The van der Waals surface area contributed by atoms with Crippen LogP contribution in [0.3, 0.4) is 0 Å². The number of thioether (sulfide) groups is 1. The minimum atomic E-state index is -5.61. The van der Waals surface area contributed by atoms with Gasteiger partial charge < -0.3 is 14.4 Å². The molecule has 144 valence electrons. The first-order chi connectivity index (χ1) is 12.6. The van der Waals surface area contributed by atoms with Gasteiger partial charge in [0.2, 0.25) is 0 Å². The van der Waals surface area contributed by atoms with Crippen molar-refractivity contribution in [3.05, 3.63) is 51.3 Å². The third-order valence-corrected chi connectivity index (χ3v) is 7.25. The lowest BCUT2D eigenvalue weighted by molar-refractivity contribution is 0.0557. The van der Waals surface area contributed by atoms with Crippen LogP contribution in [-0.4, -0.2) is 24.6 Å². The van der Waals surface area contributed by atoms with E-state index in [2.05, 4.69) is 26.1 Å². The van der Waals surface area contributed by atoms with E-state index < -0.39 is 18.8 Å². The molecule has 0 aliphatic rings. The van der Waals surface area contributed by atoms with Gasteiger partial charge >= 0.3 is 13.3 Å². The van der Waals surface area contributed by atoms with Crippen LogP contribution < -0.4 is 0 Å².